The Labute approximate surface area is 140 Å². The van der Waals surface area contributed by atoms with Crippen molar-refractivity contribution >= 4 is 0 Å². The minimum Gasteiger partial charge on any atom is -1.00 e. The molecule has 2 aliphatic rings. The van der Waals surface area contributed by atoms with Crippen LogP contribution < -0.4 is 12.4 Å². The first-order chi connectivity index (χ1) is 10.2. The molecule has 1 atom stereocenters. The van der Waals surface area contributed by atoms with Crippen LogP contribution in [0.2, 0.25) is 0 Å². The van der Waals surface area contributed by atoms with Crippen LogP contribution in [0.15, 0.2) is 29.7 Å². The van der Waals surface area contributed by atoms with Crippen LogP contribution in [0.4, 0.5) is 0 Å². The van der Waals surface area contributed by atoms with Gasteiger partial charge in [0.1, 0.15) is 12.7 Å². The lowest BCUT2D eigenvalue weighted by Gasteiger charge is -2.31. The van der Waals surface area contributed by atoms with E-state index in [1.54, 1.807) is 0 Å². The minimum absolute atomic E-state index is 0. The van der Waals surface area contributed by atoms with E-state index in [0.29, 0.717) is 6.61 Å². The average Bonchev–Trinajstić information content (AvgIpc) is 2.49. The zero-order chi connectivity index (χ0) is 15.1. The maximum Gasteiger partial charge on any atom is 0.293 e. The van der Waals surface area contributed by atoms with Crippen molar-refractivity contribution in [3.8, 4) is 0 Å². The molecule has 0 aromatic carbocycles. The van der Waals surface area contributed by atoms with Crippen molar-refractivity contribution in [2.24, 2.45) is 0 Å². The molecule has 1 fully saturated rings. The number of nitrogens with zero attached hydrogens (tertiary/aromatic N) is 2. The molecule has 1 unspecified atom stereocenters. The van der Waals surface area contributed by atoms with Crippen molar-refractivity contribution in [2.75, 3.05) is 46.4 Å². The van der Waals surface area contributed by atoms with Crippen LogP contribution >= 0.6 is 0 Å². The molecule has 2 rings (SSSR count). The van der Waals surface area contributed by atoms with Gasteiger partial charge in [-0.25, -0.2) is 0 Å². The van der Waals surface area contributed by atoms with Crippen molar-refractivity contribution in [1.29, 1.82) is 0 Å². The molecule has 0 spiro atoms. The Hall–Kier alpha value is -1.06. The lowest BCUT2D eigenvalue weighted by Crippen LogP contribution is -3.00. The predicted octanol–water partition coefficient (Wildman–Crippen LogP) is -0.790. The Kier molecular flexibility index (Phi) is 8.51. The van der Waals surface area contributed by atoms with Gasteiger partial charge in [-0.05, 0) is 20.4 Å². The maximum absolute atomic E-state index is 5.80. The molecule has 0 N–H and O–H groups in total. The summed E-state index contributed by atoms with van der Waals surface area (Å²) in [5.74, 6) is 1.53. The molecule has 1 saturated heterocycles. The molecule has 1 heterocycles. The first-order valence-corrected chi connectivity index (χ1v) is 7.90. The molecule has 1 aliphatic heterocycles. The summed E-state index contributed by atoms with van der Waals surface area (Å²) in [5, 5.41) is 0. The van der Waals surface area contributed by atoms with E-state index >= 15 is 0 Å². The molecule has 124 valence electrons. The third kappa shape index (κ3) is 6.37. The Morgan fingerprint density at radius 2 is 2.00 bits per heavy atom. The molecule has 4 nitrogen and oxygen atoms in total. The predicted molar refractivity (Wildman–Crippen MR) is 84.7 cm³/mol. The van der Waals surface area contributed by atoms with Gasteiger partial charge in [0, 0.05) is 32.7 Å². The summed E-state index contributed by atoms with van der Waals surface area (Å²) >= 11 is 0. The van der Waals surface area contributed by atoms with Crippen LogP contribution in [0.25, 0.3) is 0 Å². The number of likely N-dealkylation sites (N-methyl/N-ethyl adjacent to an activating group) is 1. The first-order valence-electron chi connectivity index (χ1n) is 7.90. The van der Waals surface area contributed by atoms with E-state index in [0.717, 1.165) is 50.7 Å². The van der Waals surface area contributed by atoms with Gasteiger partial charge in [0.25, 0.3) is 11.5 Å². The highest BCUT2D eigenvalue weighted by atomic mass is 35.5. The largest absolute Gasteiger partial charge is 1.00 e. The fourth-order valence-corrected chi connectivity index (χ4v) is 2.24. The summed E-state index contributed by atoms with van der Waals surface area (Å²) in [4.78, 5) is 4.81. The molecule has 0 amide bonds. The summed E-state index contributed by atoms with van der Waals surface area (Å²) in [5.41, 5.74) is 0. The number of ether oxygens (including phenoxy) is 2. The molecule has 0 aromatic heterocycles. The van der Waals surface area contributed by atoms with Crippen LogP contribution in [0, 0.1) is 6.08 Å². The van der Waals surface area contributed by atoms with E-state index in [9.17, 15) is 0 Å². The quantitative estimate of drug-likeness (QED) is 0.573. The molecular weight excluding hydrogens is 300 g/mol. The smallest absolute Gasteiger partial charge is 0.293 e. The van der Waals surface area contributed by atoms with Crippen LogP contribution in [0.3, 0.4) is 0 Å². The second kappa shape index (κ2) is 9.86. The molecule has 5 heteroatoms. The molecule has 0 aromatic rings. The highest BCUT2D eigenvalue weighted by Gasteiger charge is 2.17. The van der Waals surface area contributed by atoms with Crippen molar-refractivity contribution in [3.63, 3.8) is 0 Å². The van der Waals surface area contributed by atoms with E-state index in [1.165, 1.54) is 0 Å². The van der Waals surface area contributed by atoms with E-state index in [-0.39, 0.29) is 18.5 Å². The SMILES string of the molecule is CCC(C)OC1=CC=CC(OCCN2CCN(C)CC2)=[C+]1.[Cl-]. The van der Waals surface area contributed by atoms with Gasteiger partial charge in [-0.15, -0.1) is 0 Å². The fraction of sp³-hybridized carbons (Fsp3) is 0.647. The topological polar surface area (TPSA) is 24.9 Å². The van der Waals surface area contributed by atoms with Gasteiger partial charge < -0.3 is 26.8 Å². The van der Waals surface area contributed by atoms with Crippen LogP contribution in [0.5, 0.6) is 0 Å². The standard InChI is InChI=1S/C17H27N2O2.ClH/c1-4-15(2)21-17-7-5-6-16(14-17)20-13-12-19-10-8-18(3)9-11-19;/h5-7,15H,4,8-13H2,1-3H3;1H/q+1;/p-1. The van der Waals surface area contributed by atoms with Gasteiger partial charge in [0.05, 0.1) is 24.3 Å². The van der Waals surface area contributed by atoms with Crippen LogP contribution in [-0.2, 0) is 9.47 Å². The Morgan fingerprint density at radius 1 is 1.27 bits per heavy atom. The second-order valence-electron chi connectivity index (χ2n) is 5.71. The summed E-state index contributed by atoms with van der Waals surface area (Å²) in [6.45, 7) is 10.4. The number of hydrogen-bond donors (Lipinski definition) is 0. The molecule has 0 saturated carbocycles. The summed E-state index contributed by atoms with van der Waals surface area (Å²) in [6.07, 6.45) is 10.2. The Balaban J connectivity index is 0.00000242. The van der Waals surface area contributed by atoms with Gasteiger partial charge in [0.2, 0.25) is 0 Å². The second-order valence-corrected chi connectivity index (χ2v) is 5.71. The summed E-state index contributed by atoms with van der Waals surface area (Å²) in [7, 11) is 2.17. The monoisotopic (exact) mass is 326 g/mol. The lowest BCUT2D eigenvalue weighted by molar-refractivity contribution is -0.00000721. The Morgan fingerprint density at radius 3 is 2.68 bits per heavy atom. The van der Waals surface area contributed by atoms with Gasteiger partial charge in [0.15, 0.2) is 0 Å². The zero-order valence-corrected chi connectivity index (χ0v) is 14.6. The van der Waals surface area contributed by atoms with Gasteiger partial charge in [-0.3, -0.25) is 4.90 Å². The van der Waals surface area contributed by atoms with Gasteiger partial charge in [-0.2, -0.15) is 0 Å². The number of hydrogen-bond acceptors (Lipinski definition) is 4. The third-order valence-corrected chi connectivity index (χ3v) is 3.91. The average molecular weight is 327 g/mol. The molecule has 0 radical (unpaired) electrons. The molecule has 1 aliphatic carbocycles. The number of rotatable bonds is 7. The number of piperazine rings is 1. The number of halogens is 1. The van der Waals surface area contributed by atoms with Crippen molar-refractivity contribution in [2.45, 2.75) is 26.4 Å². The lowest BCUT2D eigenvalue weighted by atomic mass is 10.2. The van der Waals surface area contributed by atoms with Crippen molar-refractivity contribution in [3.05, 3.63) is 35.8 Å². The molecule has 22 heavy (non-hydrogen) atoms. The Bertz CT molecular complexity index is 413. The summed E-state index contributed by atoms with van der Waals surface area (Å²) in [6, 6.07) is 0. The highest BCUT2D eigenvalue weighted by Crippen LogP contribution is 2.15. The van der Waals surface area contributed by atoms with E-state index in [2.05, 4.69) is 36.8 Å². The van der Waals surface area contributed by atoms with Crippen molar-refractivity contribution in [1.82, 2.24) is 9.80 Å². The van der Waals surface area contributed by atoms with Crippen LogP contribution in [0.1, 0.15) is 20.3 Å². The number of allylic oxidation sites excluding steroid dienone is 4. The zero-order valence-electron chi connectivity index (χ0n) is 13.8. The van der Waals surface area contributed by atoms with E-state index < -0.39 is 0 Å². The van der Waals surface area contributed by atoms with E-state index in [4.69, 9.17) is 9.47 Å². The first kappa shape index (κ1) is 19.0. The normalized spacial score (nSPS) is 20.3. The van der Waals surface area contributed by atoms with Crippen LogP contribution in [-0.4, -0.2) is 62.3 Å². The van der Waals surface area contributed by atoms with Crippen molar-refractivity contribution < 1.29 is 21.9 Å². The molecule has 0 bridgehead atoms. The summed E-state index contributed by atoms with van der Waals surface area (Å²) < 4.78 is 11.6. The van der Waals surface area contributed by atoms with E-state index in [1.807, 2.05) is 18.2 Å². The maximum atomic E-state index is 5.80. The minimum atomic E-state index is 0. The fourth-order valence-electron chi connectivity index (χ4n) is 2.24. The van der Waals surface area contributed by atoms with Gasteiger partial charge in [-0.1, -0.05) is 6.92 Å². The van der Waals surface area contributed by atoms with Gasteiger partial charge >= 0.3 is 0 Å². The highest BCUT2D eigenvalue weighted by molar-refractivity contribution is 5.28. The molecular formula is C17H27ClN2O2. The third-order valence-electron chi connectivity index (χ3n) is 3.91.